The highest BCUT2D eigenvalue weighted by molar-refractivity contribution is 6.13. The summed E-state index contributed by atoms with van der Waals surface area (Å²) in [6, 6.07) is 88.4. The molecule has 0 amide bonds. The molecule has 0 aliphatic rings. The SMILES string of the molecule is c1ccc(-c2ccc3c4ccccc4n(-c4ccc5c6ccc(-c7ccccc7)cc6n(-c6ccc(-c7ccccc7)c(-c7nc(-c8ccccc8)nc(-c8ccccc8)n7)c6)c5c4)c3c2)cc1. The molecule has 0 aliphatic heterocycles. The van der Waals surface area contributed by atoms with Crippen LogP contribution in [0.25, 0.3) is 123 Å². The van der Waals surface area contributed by atoms with Gasteiger partial charge in [-0.3, -0.25) is 0 Å². The van der Waals surface area contributed by atoms with Gasteiger partial charge in [0.2, 0.25) is 0 Å². The van der Waals surface area contributed by atoms with Gasteiger partial charge in [0.05, 0.1) is 22.1 Å². The normalized spacial score (nSPS) is 11.5. The average Bonchev–Trinajstić information content (AvgIpc) is 3.93. The first-order chi connectivity index (χ1) is 33.7. The predicted molar refractivity (Wildman–Crippen MR) is 281 cm³/mol. The molecule has 68 heavy (non-hydrogen) atoms. The summed E-state index contributed by atoms with van der Waals surface area (Å²) in [7, 11) is 0. The Hall–Kier alpha value is -9.19. The van der Waals surface area contributed by atoms with Crippen molar-refractivity contribution in [2.24, 2.45) is 0 Å². The molecule has 3 heterocycles. The van der Waals surface area contributed by atoms with E-state index in [2.05, 4.69) is 221 Å². The number of fused-ring (bicyclic) bond motifs is 6. The second-order valence-corrected chi connectivity index (χ2v) is 17.2. The van der Waals surface area contributed by atoms with Crippen LogP contribution in [-0.4, -0.2) is 24.1 Å². The molecule has 13 rings (SSSR count). The molecule has 0 aliphatic carbocycles. The van der Waals surface area contributed by atoms with E-state index in [1.165, 1.54) is 38.2 Å². The van der Waals surface area contributed by atoms with Crippen LogP contribution in [-0.2, 0) is 0 Å². The molecule has 0 fully saturated rings. The molecular weight excluding hydrogens is 827 g/mol. The lowest BCUT2D eigenvalue weighted by Crippen LogP contribution is -2.02. The highest BCUT2D eigenvalue weighted by atomic mass is 15.0. The Balaban J connectivity index is 1.09. The third-order valence-corrected chi connectivity index (χ3v) is 13.2. The van der Waals surface area contributed by atoms with Gasteiger partial charge in [-0.25, -0.2) is 15.0 Å². The van der Waals surface area contributed by atoms with E-state index in [1.54, 1.807) is 0 Å². The maximum Gasteiger partial charge on any atom is 0.164 e. The van der Waals surface area contributed by atoms with E-state index in [4.69, 9.17) is 15.0 Å². The molecule has 13 aromatic rings. The number of para-hydroxylation sites is 1. The largest absolute Gasteiger partial charge is 0.309 e. The first-order valence-electron chi connectivity index (χ1n) is 23.0. The van der Waals surface area contributed by atoms with Crippen molar-refractivity contribution in [1.82, 2.24) is 24.1 Å². The van der Waals surface area contributed by atoms with Gasteiger partial charge in [0.1, 0.15) is 0 Å². The van der Waals surface area contributed by atoms with E-state index >= 15 is 0 Å². The molecule has 0 bridgehead atoms. The van der Waals surface area contributed by atoms with Crippen LogP contribution in [0.5, 0.6) is 0 Å². The summed E-state index contributed by atoms with van der Waals surface area (Å²) in [6.45, 7) is 0. The Morgan fingerprint density at radius 1 is 0.221 bits per heavy atom. The Morgan fingerprint density at radius 3 is 1.15 bits per heavy atom. The van der Waals surface area contributed by atoms with Crippen LogP contribution in [0.2, 0.25) is 0 Å². The highest BCUT2D eigenvalue weighted by Gasteiger charge is 2.21. The summed E-state index contributed by atoms with van der Waals surface area (Å²) in [5.41, 5.74) is 16.2. The van der Waals surface area contributed by atoms with Crippen LogP contribution >= 0.6 is 0 Å². The lowest BCUT2D eigenvalue weighted by Gasteiger charge is -2.16. The Labute approximate surface area is 393 Å². The summed E-state index contributed by atoms with van der Waals surface area (Å²) in [6.07, 6.45) is 0. The van der Waals surface area contributed by atoms with Gasteiger partial charge in [-0.1, -0.05) is 206 Å². The monoisotopic (exact) mass is 867 g/mol. The minimum Gasteiger partial charge on any atom is -0.309 e. The van der Waals surface area contributed by atoms with Gasteiger partial charge in [0.25, 0.3) is 0 Å². The van der Waals surface area contributed by atoms with Gasteiger partial charge in [-0.05, 0) is 75.8 Å². The molecule has 10 aromatic carbocycles. The lowest BCUT2D eigenvalue weighted by molar-refractivity contribution is 1.07. The number of rotatable bonds is 8. The topological polar surface area (TPSA) is 48.5 Å². The molecule has 0 atom stereocenters. The second kappa shape index (κ2) is 16.4. The van der Waals surface area contributed by atoms with Crippen molar-refractivity contribution >= 4 is 43.6 Å². The molecule has 5 nitrogen and oxygen atoms in total. The third-order valence-electron chi connectivity index (χ3n) is 13.2. The van der Waals surface area contributed by atoms with Crippen molar-refractivity contribution in [2.45, 2.75) is 0 Å². The summed E-state index contributed by atoms with van der Waals surface area (Å²) >= 11 is 0. The summed E-state index contributed by atoms with van der Waals surface area (Å²) in [4.78, 5) is 15.6. The summed E-state index contributed by atoms with van der Waals surface area (Å²) in [5, 5.41) is 4.78. The van der Waals surface area contributed by atoms with Gasteiger partial charge in [0, 0.05) is 49.6 Å². The van der Waals surface area contributed by atoms with Crippen LogP contribution in [0.15, 0.2) is 249 Å². The molecule has 3 aromatic heterocycles. The van der Waals surface area contributed by atoms with Crippen molar-refractivity contribution in [3.8, 4) is 78.9 Å². The van der Waals surface area contributed by atoms with Crippen molar-refractivity contribution in [3.63, 3.8) is 0 Å². The number of hydrogen-bond acceptors (Lipinski definition) is 3. The van der Waals surface area contributed by atoms with Gasteiger partial charge in [-0.15, -0.1) is 0 Å². The number of benzene rings is 10. The number of aromatic nitrogens is 5. The fourth-order valence-electron chi connectivity index (χ4n) is 9.95. The minimum absolute atomic E-state index is 0.601. The molecular formula is C63H41N5. The zero-order valence-electron chi connectivity index (χ0n) is 36.9. The van der Waals surface area contributed by atoms with E-state index in [0.717, 1.165) is 66.8 Å². The van der Waals surface area contributed by atoms with Gasteiger partial charge in [-0.2, -0.15) is 0 Å². The average molecular weight is 868 g/mol. The van der Waals surface area contributed by atoms with E-state index in [9.17, 15) is 0 Å². The van der Waals surface area contributed by atoms with Crippen LogP contribution in [0.4, 0.5) is 0 Å². The molecule has 0 saturated heterocycles. The van der Waals surface area contributed by atoms with E-state index < -0.39 is 0 Å². The lowest BCUT2D eigenvalue weighted by atomic mass is 9.98. The molecule has 0 N–H and O–H groups in total. The van der Waals surface area contributed by atoms with Crippen molar-refractivity contribution in [3.05, 3.63) is 249 Å². The minimum atomic E-state index is 0.601. The van der Waals surface area contributed by atoms with Crippen LogP contribution in [0, 0.1) is 0 Å². The predicted octanol–water partition coefficient (Wildman–Crippen LogP) is 16.1. The fourth-order valence-corrected chi connectivity index (χ4v) is 9.95. The molecule has 318 valence electrons. The standard InChI is InChI=1S/C63H41N5/c1-6-18-42(19-7-1)47-30-34-53-52-28-16-17-29-57(52)67(58(53)38-47)50-33-37-55-54-35-31-48(43-20-8-2-9-21-43)39-59(54)68(60(55)41-50)49-32-36-51(44-22-10-3-11-23-44)56(40-49)63-65-61(45-24-12-4-13-25-45)64-62(66-63)46-26-14-5-15-27-46/h1-41H. The van der Waals surface area contributed by atoms with Gasteiger partial charge in [0.15, 0.2) is 17.5 Å². The molecule has 0 radical (unpaired) electrons. The van der Waals surface area contributed by atoms with Gasteiger partial charge < -0.3 is 9.13 Å². The van der Waals surface area contributed by atoms with E-state index in [0.29, 0.717) is 17.5 Å². The maximum absolute atomic E-state index is 5.29. The molecule has 5 heteroatoms. The van der Waals surface area contributed by atoms with Crippen LogP contribution in [0.3, 0.4) is 0 Å². The first kappa shape index (κ1) is 39.2. The fraction of sp³-hybridized carbons (Fsp3) is 0. The Kier molecular flexibility index (Phi) is 9.43. The van der Waals surface area contributed by atoms with Crippen molar-refractivity contribution in [1.29, 1.82) is 0 Å². The first-order valence-corrected chi connectivity index (χ1v) is 23.0. The maximum atomic E-state index is 5.29. The van der Waals surface area contributed by atoms with Crippen molar-refractivity contribution in [2.75, 3.05) is 0 Å². The second-order valence-electron chi connectivity index (χ2n) is 17.2. The highest BCUT2D eigenvalue weighted by Crippen LogP contribution is 2.41. The Bertz CT molecular complexity index is 3930. The summed E-state index contributed by atoms with van der Waals surface area (Å²) < 4.78 is 4.86. The van der Waals surface area contributed by atoms with Crippen LogP contribution < -0.4 is 0 Å². The third kappa shape index (κ3) is 6.76. The molecule has 0 saturated carbocycles. The van der Waals surface area contributed by atoms with Gasteiger partial charge >= 0.3 is 0 Å². The quantitative estimate of drug-likeness (QED) is 0.153. The zero-order chi connectivity index (χ0) is 45.0. The van der Waals surface area contributed by atoms with Crippen molar-refractivity contribution < 1.29 is 0 Å². The summed E-state index contributed by atoms with van der Waals surface area (Å²) in [5.74, 6) is 1.84. The van der Waals surface area contributed by atoms with Crippen LogP contribution in [0.1, 0.15) is 0 Å². The Morgan fingerprint density at radius 2 is 0.603 bits per heavy atom. The molecule has 0 unspecified atom stereocenters. The number of nitrogens with zero attached hydrogens (tertiary/aromatic N) is 5. The smallest absolute Gasteiger partial charge is 0.164 e. The zero-order valence-corrected chi connectivity index (χ0v) is 36.9. The van der Waals surface area contributed by atoms with E-state index in [-0.39, 0.29) is 0 Å². The number of hydrogen-bond donors (Lipinski definition) is 0. The molecule has 0 spiro atoms. The van der Waals surface area contributed by atoms with E-state index in [1.807, 2.05) is 36.4 Å².